The first-order valence-corrected chi connectivity index (χ1v) is 8.48. The number of ether oxygens (including phenoxy) is 1. The number of fused-ring (bicyclic) bond motifs is 1. The van der Waals surface area contributed by atoms with Crippen molar-refractivity contribution in [1.82, 2.24) is 10.2 Å². The average Bonchev–Trinajstić information content (AvgIpc) is 3.35. The van der Waals surface area contributed by atoms with Gasteiger partial charge in [-0.2, -0.15) is 0 Å². The van der Waals surface area contributed by atoms with E-state index in [0.29, 0.717) is 12.1 Å². The standard InChI is InChI=1S/C18H26N2O/c1-13-10-19-17(15-6-7-15)11-20(13)12-18-16-5-3-2-4-14(16)8-9-21-18/h2-5,13,15,17-19H,6-12H2,1H3. The molecule has 3 heteroatoms. The predicted octanol–water partition coefficient (Wildman–Crippen LogP) is 2.37. The SMILES string of the molecule is CC1CNC(C2CC2)CN1CC1OCCc2ccccc21. The Morgan fingerprint density at radius 3 is 3.00 bits per heavy atom. The van der Waals surface area contributed by atoms with Crippen LogP contribution in [-0.2, 0) is 11.2 Å². The van der Waals surface area contributed by atoms with Crippen molar-refractivity contribution in [2.75, 3.05) is 26.2 Å². The van der Waals surface area contributed by atoms with E-state index in [-0.39, 0.29) is 6.10 Å². The normalized spacial score (nSPS) is 33.7. The highest BCUT2D eigenvalue weighted by molar-refractivity contribution is 5.31. The van der Waals surface area contributed by atoms with Gasteiger partial charge in [0.1, 0.15) is 0 Å². The fraction of sp³-hybridized carbons (Fsp3) is 0.667. The maximum Gasteiger partial charge on any atom is 0.0954 e. The van der Waals surface area contributed by atoms with Gasteiger partial charge in [0, 0.05) is 31.7 Å². The van der Waals surface area contributed by atoms with Crippen LogP contribution in [0, 0.1) is 5.92 Å². The third-order valence-electron chi connectivity index (χ3n) is 5.41. The summed E-state index contributed by atoms with van der Waals surface area (Å²) < 4.78 is 6.10. The molecule has 0 bridgehead atoms. The van der Waals surface area contributed by atoms with Crippen molar-refractivity contribution in [3.8, 4) is 0 Å². The van der Waals surface area contributed by atoms with Crippen LogP contribution in [-0.4, -0.2) is 43.2 Å². The Balaban J connectivity index is 1.47. The minimum Gasteiger partial charge on any atom is -0.372 e. The van der Waals surface area contributed by atoms with Crippen molar-refractivity contribution < 1.29 is 4.74 Å². The molecule has 0 radical (unpaired) electrons. The Bertz CT molecular complexity index is 500. The van der Waals surface area contributed by atoms with Crippen molar-refractivity contribution in [3.05, 3.63) is 35.4 Å². The van der Waals surface area contributed by atoms with E-state index in [1.807, 2.05) is 0 Å². The molecular formula is C18H26N2O. The van der Waals surface area contributed by atoms with E-state index in [2.05, 4.69) is 41.4 Å². The zero-order valence-corrected chi connectivity index (χ0v) is 12.9. The summed E-state index contributed by atoms with van der Waals surface area (Å²) in [5, 5.41) is 3.73. The number of nitrogens with one attached hydrogen (secondary N) is 1. The van der Waals surface area contributed by atoms with Crippen molar-refractivity contribution in [2.24, 2.45) is 5.92 Å². The van der Waals surface area contributed by atoms with Gasteiger partial charge in [-0.3, -0.25) is 4.90 Å². The zero-order valence-electron chi connectivity index (χ0n) is 12.9. The second kappa shape index (κ2) is 5.71. The largest absolute Gasteiger partial charge is 0.372 e. The van der Waals surface area contributed by atoms with Crippen molar-refractivity contribution in [2.45, 2.75) is 44.4 Å². The van der Waals surface area contributed by atoms with Crippen LogP contribution in [0.5, 0.6) is 0 Å². The number of rotatable bonds is 3. The first-order chi connectivity index (χ1) is 10.3. The lowest BCUT2D eigenvalue weighted by atomic mass is 9.96. The molecule has 4 rings (SSSR count). The van der Waals surface area contributed by atoms with Gasteiger partial charge in [0.2, 0.25) is 0 Å². The molecule has 3 nitrogen and oxygen atoms in total. The van der Waals surface area contributed by atoms with Gasteiger partial charge < -0.3 is 10.1 Å². The third kappa shape index (κ3) is 2.87. The van der Waals surface area contributed by atoms with Crippen LogP contribution in [0.15, 0.2) is 24.3 Å². The van der Waals surface area contributed by atoms with Crippen LogP contribution in [0.25, 0.3) is 0 Å². The summed E-state index contributed by atoms with van der Waals surface area (Å²) >= 11 is 0. The Labute approximate surface area is 127 Å². The van der Waals surface area contributed by atoms with Crippen LogP contribution < -0.4 is 5.32 Å². The van der Waals surface area contributed by atoms with E-state index >= 15 is 0 Å². The van der Waals surface area contributed by atoms with E-state index in [9.17, 15) is 0 Å². The van der Waals surface area contributed by atoms with Crippen LogP contribution in [0.4, 0.5) is 0 Å². The fourth-order valence-electron chi connectivity index (χ4n) is 3.86. The molecule has 1 aromatic rings. The van der Waals surface area contributed by atoms with Gasteiger partial charge in [0.15, 0.2) is 0 Å². The fourth-order valence-corrected chi connectivity index (χ4v) is 3.86. The maximum atomic E-state index is 6.10. The smallest absolute Gasteiger partial charge is 0.0954 e. The molecule has 1 N–H and O–H groups in total. The van der Waals surface area contributed by atoms with Crippen LogP contribution in [0.3, 0.4) is 0 Å². The van der Waals surface area contributed by atoms with Crippen LogP contribution in [0.2, 0.25) is 0 Å². The van der Waals surface area contributed by atoms with E-state index in [0.717, 1.165) is 32.0 Å². The minimum atomic E-state index is 0.260. The van der Waals surface area contributed by atoms with Crippen LogP contribution >= 0.6 is 0 Å². The van der Waals surface area contributed by atoms with Gasteiger partial charge in [-0.25, -0.2) is 0 Å². The third-order valence-corrected chi connectivity index (χ3v) is 5.41. The number of hydrogen-bond acceptors (Lipinski definition) is 3. The molecule has 1 aromatic carbocycles. The number of piperazine rings is 1. The molecule has 114 valence electrons. The van der Waals surface area contributed by atoms with E-state index in [1.165, 1.54) is 30.5 Å². The second-order valence-corrected chi connectivity index (χ2v) is 6.96. The molecule has 2 aliphatic heterocycles. The Hall–Kier alpha value is -0.900. The molecule has 3 atom stereocenters. The first kappa shape index (κ1) is 13.7. The van der Waals surface area contributed by atoms with E-state index < -0.39 is 0 Å². The summed E-state index contributed by atoms with van der Waals surface area (Å²) in [6.07, 6.45) is 4.16. The Morgan fingerprint density at radius 2 is 2.14 bits per heavy atom. The highest BCUT2D eigenvalue weighted by Gasteiger charge is 2.37. The molecule has 0 aromatic heterocycles. The topological polar surface area (TPSA) is 24.5 Å². The molecule has 2 heterocycles. The summed E-state index contributed by atoms with van der Waals surface area (Å²) in [7, 11) is 0. The summed E-state index contributed by atoms with van der Waals surface area (Å²) in [6, 6.07) is 10.1. The van der Waals surface area contributed by atoms with Crippen molar-refractivity contribution in [1.29, 1.82) is 0 Å². The second-order valence-electron chi connectivity index (χ2n) is 6.96. The summed E-state index contributed by atoms with van der Waals surface area (Å²) in [4.78, 5) is 2.65. The quantitative estimate of drug-likeness (QED) is 0.923. The summed E-state index contributed by atoms with van der Waals surface area (Å²) in [5.74, 6) is 0.930. The number of benzene rings is 1. The molecule has 1 saturated heterocycles. The lowest BCUT2D eigenvalue weighted by molar-refractivity contribution is -0.00258. The van der Waals surface area contributed by atoms with Gasteiger partial charge >= 0.3 is 0 Å². The monoisotopic (exact) mass is 286 g/mol. The van der Waals surface area contributed by atoms with Crippen molar-refractivity contribution >= 4 is 0 Å². The maximum absolute atomic E-state index is 6.10. The van der Waals surface area contributed by atoms with Gasteiger partial charge in [-0.05, 0) is 43.2 Å². The molecule has 2 fully saturated rings. The average molecular weight is 286 g/mol. The summed E-state index contributed by atoms with van der Waals surface area (Å²) in [5.41, 5.74) is 2.90. The molecule has 0 amide bonds. The van der Waals surface area contributed by atoms with Crippen molar-refractivity contribution in [3.63, 3.8) is 0 Å². The van der Waals surface area contributed by atoms with Gasteiger partial charge in [-0.1, -0.05) is 24.3 Å². The van der Waals surface area contributed by atoms with Gasteiger partial charge in [-0.15, -0.1) is 0 Å². The molecule has 3 unspecified atom stereocenters. The zero-order chi connectivity index (χ0) is 14.2. The lowest BCUT2D eigenvalue weighted by Crippen LogP contribution is -2.57. The highest BCUT2D eigenvalue weighted by Crippen LogP contribution is 2.35. The Kier molecular flexibility index (Phi) is 3.74. The number of nitrogens with zero attached hydrogens (tertiary/aromatic N) is 1. The van der Waals surface area contributed by atoms with Gasteiger partial charge in [0.05, 0.1) is 12.7 Å². The number of hydrogen-bond donors (Lipinski definition) is 1. The molecule has 3 aliphatic rings. The minimum absolute atomic E-state index is 0.260. The lowest BCUT2D eigenvalue weighted by Gasteiger charge is -2.41. The summed E-state index contributed by atoms with van der Waals surface area (Å²) in [6.45, 7) is 6.56. The predicted molar refractivity (Wildman–Crippen MR) is 84.4 cm³/mol. The first-order valence-electron chi connectivity index (χ1n) is 8.48. The van der Waals surface area contributed by atoms with E-state index in [4.69, 9.17) is 4.74 Å². The van der Waals surface area contributed by atoms with E-state index in [1.54, 1.807) is 0 Å². The molecular weight excluding hydrogens is 260 g/mol. The van der Waals surface area contributed by atoms with Gasteiger partial charge in [0.25, 0.3) is 0 Å². The molecule has 0 spiro atoms. The Morgan fingerprint density at radius 1 is 1.29 bits per heavy atom. The molecule has 1 saturated carbocycles. The highest BCUT2D eigenvalue weighted by atomic mass is 16.5. The van der Waals surface area contributed by atoms with Crippen LogP contribution in [0.1, 0.15) is 37.0 Å². The molecule has 21 heavy (non-hydrogen) atoms. The molecule has 1 aliphatic carbocycles.